The van der Waals surface area contributed by atoms with Crippen molar-refractivity contribution in [3.05, 3.63) is 52.2 Å². The number of aromatic nitrogens is 1. The minimum atomic E-state index is -0.704. The number of hydrogen-bond donors (Lipinski definition) is 2. The fourth-order valence-corrected chi connectivity index (χ4v) is 3.59. The molecule has 1 fully saturated rings. The molecule has 1 aromatic heterocycles. The second kappa shape index (κ2) is 9.41. The summed E-state index contributed by atoms with van der Waals surface area (Å²) in [6, 6.07) is 4.88. The molecule has 2 N–H and O–H groups in total. The van der Waals surface area contributed by atoms with Gasteiger partial charge in [0.05, 0.1) is 5.01 Å². The Morgan fingerprint density at radius 3 is 2.93 bits per heavy atom. The van der Waals surface area contributed by atoms with Gasteiger partial charge >= 0.3 is 6.03 Å². The number of carbonyl (C=O) groups is 3. The highest BCUT2D eigenvalue weighted by atomic mass is 32.1. The summed E-state index contributed by atoms with van der Waals surface area (Å²) < 4.78 is 13.2. The predicted octanol–water partition coefficient (Wildman–Crippen LogP) is 1.88. The Labute approximate surface area is 166 Å². The summed E-state index contributed by atoms with van der Waals surface area (Å²) in [6.45, 7) is 0.654. The molecule has 1 aromatic carbocycles. The molecule has 2 aromatic rings. The molecule has 28 heavy (non-hydrogen) atoms. The molecule has 3 rings (SSSR count). The van der Waals surface area contributed by atoms with Gasteiger partial charge < -0.3 is 10.6 Å². The zero-order valence-electron chi connectivity index (χ0n) is 15.2. The Kier molecular flexibility index (Phi) is 6.70. The van der Waals surface area contributed by atoms with Crippen molar-refractivity contribution >= 4 is 29.2 Å². The smallest absolute Gasteiger partial charge is 0.324 e. The van der Waals surface area contributed by atoms with E-state index in [9.17, 15) is 18.8 Å². The van der Waals surface area contributed by atoms with Crippen molar-refractivity contribution in [1.82, 2.24) is 20.5 Å². The maximum atomic E-state index is 13.2. The Morgan fingerprint density at radius 1 is 1.32 bits per heavy atom. The maximum absolute atomic E-state index is 13.2. The number of benzene rings is 1. The van der Waals surface area contributed by atoms with Crippen molar-refractivity contribution in [1.29, 1.82) is 0 Å². The van der Waals surface area contributed by atoms with E-state index in [0.717, 1.165) is 9.91 Å². The Bertz CT molecular complexity index is 843. The minimum absolute atomic E-state index is 0.145. The fraction of sp³-hybridized carbons (Fsp3) is 0.368. The highest BCUT2D eigenvalue weighted by Crippen LogP contribution is 2.13. The van der Waals surface area contributed by atoms with E-state index in [1.165, 1.54) is 23.5 Å². The molecule has 148 valence electrons. The average Bonchev–Trinajstić information content (AvgIpc) is 3.27. The average molecular weight is 404 g/mol. The van der Waals surface area contributed by atoms with Gasteiger partial charge in [0.2, 0.25) is 5.91 Å². The molecule has 0 radical (unpaired) electrons. The van der Waals surface area contributed by atoms with Crippen LogP contribution in [0.5, 0.6) is 0 Å². The molecule has 4 amide bonds. The molecule has 1 aliphatic rings. The van der Waals surface area contributed by atoms with Crippen LogP contribution in [-0.2, 0) is 22.4 Å². The maximum Gasteiger partial charge on any atom is 0.324 e. The second-order valence-corrected chi connectivity index (χ2v) is 7.42. The summed E-state index contributed by atoms with van der Waals surface area (Å²) in [7, 11) is 0. The number of urea groups is 1. The van der Waals surface area contributed by atoms with Crippen LogP contribution < -0.4 is 10.6 Å². The second-order valence-electron chi connectivity index (χ2n) is 6.44. The van der Waals surface area contributed by atoms with Crippen LogP contribution in [0.4, 0.5) is 9.18 Å². The van der Waals surface area contributed by atoms with Gasteiger partial charge in [-0.05, 0) is 30.5 Å². The van der Waals surface area contributed by atoms with Gasteiger partial charge in [-0.25, -0.2) is 14.2 Å². The van der Waals surface area contributed by atoms with Crippen molar-refractivity contribution in [2.45, 2.75) is 31.7 Å². The number of nitrogens with one attached hydrogen (secondary N) is 2. The Balaban J connectivity index is 1.40. The van der Waals surface area contributed by atoms with Crippen LogP contribution in [0.25, 0.3) is 0 Å². The van der Waals surface area contributed by atoms with E-state index in [4.69, 9.17) is 0 Å². The highest BCUT2D eigenvalue weighted by molar-refractivity contribution is 7.09. The molecule has 1 unspecified atom stereocenters. The van der Waals surface area contributed by atoms with E-state index >= 15 is 0 Å². The zero-order valence-corrected chi connectivity index (χ0v) is 16.0. The molecular formula is C19H21FN4O3S. The first kappa shape index (κ1) is 19.9. The molecule has 9 heteroatoms. The summed E-state index contributed by atoms with van der Waals surface area (Å²) in [6.07, 6.45) is 3.14. The van der Waals surface area contributed by atoms with Crippen molar-refractivity contribution in [2.24, 2.45) is 0 Å². The minimum Gasteiger partial charge on any atom is -0.356 e. The van der Waals surface area contributed by atoms with Gasteiger partial charge in [0.1, 0.15) is 11.9 Å². The molecule has 7 nitrogen and oxygen atoms in total. The first-order valence-electron chi connectivity index (χ1n) is 9.04. The lowest BCUT2D eigenvalue weighted by molar-refractivity contribution is -0.127. The predicted molar refractivity (Wildman–Crippen MR) is 102 cm³/mol. The van der Waals surface area contributed by atoms with Crippen molar-refractivity contribution < 1.29 is 18.8 Å². The quantitative estimate of drug-likeness (QED) is 0.625. The van der Waals surface area contributed by atoms with Gasteiger partial charge in [-0.3, -0.25) is 14.5 Å². The number of rotatable bonds is 9. The molecule has 2 heterocycles. The number of amides is 4. The fourth-order valence-electron chi connectivity index (χ4n) is 2.97. The number of carbonyl (C=O) groups excluding carboxylic acids is 3. The van der Waals surface area contributed by atoms with E-state index in [1.54, 1.807) is 18.3 Å². The largest absolute Gasteiger partial charge is 0.356 e. The van der Waals surface area contributed by atoms with E-state index in [-0.39, 0.29) is 37.0 Å². The van der Waals surface area contributed by atoms with Crippen LogP contribution in [0.3, 0.4) is 0 Å². The number of halogens is 1. The first-order valence-corrected chi connectivity index (χ1v) is 9.92. The normalized spacial score (nSPS) is 16.3. The van der Waals surface area contributed by atoms with E-state index in [1.807, 2.05) is 5.38 Å². The van der Waals surface area contributed by atoms with Gasteiger partial charge in [-0.2, -0.15) is 0 Å². The van der Waals surface area contributed by atoms with Gasteiger partial charge in [-0.1, -0.05) is 12.1 Å². The third-order valence-electron chi connectivity index (χ3n) is 4.42. The molecule has 1 atom stereocenters. The van der Waals surface area contributed by atoms with Crippen LogP contribution in [0.2, 0.25) is 0 Å². The molecule has 0 spiro atoms. The number of thiazole rings is 1. The van der Waals surface area contributed by atoms with Crippen LogP contribution in [-0.4, -0.2) is 46.9 Å². The third kappa shape index (κ3) is 5.35. The lowest BCUT2D eigenvalue weighted by atomic mass is 10.1. The molecule has 1 aliphatic heterocycles. The summed E-state index contributed by atoms with van der Waals surface area (Å²) in [5, 5.41) is 8.23. The topological polar surface area (TPSA) is 91.4 Å². The lowest BCUT2D eigenvalue weighted by Crippen LogP contribution is -2.34. The first-order chi connectivity index (χ1) is 13.5. The summed E-state index contributed by atoms with van der Waals surface area (Å²) in [4.78, 5) is 41.7. The highest BCUT2D eigenvalue weighted by Gasteiger charge is 2.37. The van der Waals surface area contributed by atoms with Gasteiger partial charge in [0, 0.05) is 37.5 Å². The monoisotopic (exact) mass is 404 g/mol. The lowest BCUT2D eigenvalue weighted by Gasteiger charge is -2.13. The standard InChI is InChI=1S/C19H21FN4O3S/c20-14-3-1-2-13(12-14)7-10-24-18(26)15(23-19(24)27)4-5-16(25)21-8-6-17-22-9-11-28-17/h1-3,9,11-12,15H,4-8,10H2,(H,21,25)(H,23,27). The van der Waals surface area contributed by atoms with Crippen LogP contribution in [0.1, 0.15) is 23.4 Å². The van der Waals surface area contributed by atoms with Gasteiger partial charge in [-0.15, -0.1) is 11.3 Å². The summed E-state index contributed by atoms with van der Waals surface area (Å²) >= 11 is 1.53. The van der Waals surface area contributed by atoms with E-state index in [2.05, 4.69) is 15.6 Å². The Morgan fingerprint density at radius 2 is 2.18 bits per heavy atom. The van der Waals surface area contributed by atoms with E-state index in [0.29, 0.717) is 24.9 Å². The van der Waals surface area contributed by atoms with Crippen LogP contribution >= 0.6 is 11.3 Å². The molecule has 0 aliphatic carbocycles. The Hall–Kier alpha value is -2.81. The van der Waals surface area contributed by atoms with Gasteiger partial charge in [0.15, 0.2) is 0 Å². The van der Waals surface area contributed by atoms with Crippen molar-refractivity contribution in [3.63, 3.8) is 0 Å². The van der Waals surface area contributed by atoms with Crippen molar-refractivity contribution in [3.8, 4) is 0 Å². The van der Waals surface area contributed by atoms with Crippen LogP contribution in [0.15, 0.2) is 35.8 Å². The van der Waals surface area contributed by atoms with Gasteiger partial charge in [0.25, 0.3) is 5.91 Å². The third-order valence-corrected chi connectivity index (χ3v) is 5.26. The number of nitrogens with zero attached hydrogens (tertiary/aromatic N) is 2. The molecule has 0 bridgehead atoms. The number of hydrogen-bond acceptors (Lipinski definition) is 5. The summed E-state index contributed by atoms with van der Waals surface area (Å²) in [5.74, 6) is -0.873. The summed E-state index contributed by atoms with van der Waals surface area (Å²) in [5.41, 5.74) is 0.712. The van der Waals surface area contributed by atoms with Crippen molar-refractivity contribution in [2.75, 3.05) is 13.1 Å². The number of imide groups is 1. The molecule has 0 saturated carbocycles. The van der Waals surface area contributed by atoms with Crippen LogP contribution in [0, 0.1) is 5.82 Å². The molecular weight excluding hydrogens is 383 g/mol. The SMILES string of the molecule is O=C(CCC1NC(=O)N(CCc2cccc(F)c2)C1=O)NCCc1nccs1. The molecule has 1 saturated heterocycles. The zero-order chi connectivity index (χ0) is 19.9. The van der Waals surface area contributed by atoms with E-state index < -0.39 is 12.1 Å².